The molecule has 2 N–H and O–H groups in total. The minimum absolute atomic E-state index is 0.181. The predicted molar refractivity (Wildman–Crippen MR) is 67.1 cm³/mol. The zero-order valence-corrected chi connectivity index (χ0v) is 10.7. The van der Waals surface area contributed by atoms with Crippen LogP contribution in [0.1, 0.15) is 58.8 Å². The van der Waals surface area contributed by atoms with Gasteiger partial charge in [-0.25, -0.2) is 0 Å². The zero-order chi connectivity index (χ0) is 12.0. The summed E-state index contributed by atoms with van der Waals surface area (Å²) in [5.74, 6) is 0.181. The third-order valence-corrected chi connectivity index (χ3v) is 3.57. The van der Waals surface area contributed by atoms with Gasteiger partial charge in [-0.2, -0.15) is 0 Å². The Bertz CT molecular complexity index is 218. The standard InChI is InChI=1S/C13H26N2O/c1-3-5-9-12(14)13(16)15-10-7-6-8-11(15)4-2/h11-12H,3-10,14H2,1-2H3/t11?,12-/m0/s1. The van der Waals surface area contributed by atoms with Crippen molar-refractivity contribution >= 4 is 5.91 Å². The zero-order valence-electron chi connectivity index (χ0n) is 10.7. The van der Waals surface area contributed by atoms with Gasteiger partial charge in [0.05, 0.1) is 6.04 Å². The van der Waals surface area contributed by atoms with Crippen molar-refractivity contribution in [2.75, 3.05) is 6.54 Å². The highest BCUT2D eigenvalue weighted by molar-refractivity contribution is 5.82. The number of piperidine rings is 1. The highest BCUT2D eigenvalue weighted by Crippen LogP contribution is 2.20. The van der Waals surface area contributed by atoms with Crippen LogP contribution in [-0.2, 0) is 4.79 Å². The first-order valence-electron chi connectivity index (χ1n) is 6.76. The molecule has 94 valence electrons. The fourth-order valence-corrected chi connectivity index (χ4v) is 2.48. The fourth-order valence-electron chi connectivity index (χ4n) is 2.48. The van der Waals surface area contributed by atoms with Crippen LogP contribution in [-0.4, -0.2) is 29.4 Å². The van der Waals surface area contributed by atoms with Gasteiger partial charge >= 0.3 is 0 Å². The molecule has 1 amide bonds. The number of hydrogen-bond donors (Lipinski definition) is 1. The number of likely N-dealkylation sites (tertiary alicyclic amines) is 1. The number of nitrogens with two attached hydrogens (primary N) is 1. The molecule has 0 aromatic carbocycles. The van der Waals surface area contributed by atoms with E-state index in [0.717, 1.165) is 45.1 Å². The molecule has 1 heterocycles. The van der Waals surface area contributed by atoms with Gasteiger partial charge in [0.25, 0.3) is 0 Å². The monoisotopic (exact) mass is 226 g/mol. The van der Waals surface area contributed by atoms with Gasteiger partial charge in [-0.05, 0) is 32.1 Å². The van der Waals surface area contributed by atoms with E-state index in [2.05, 4.69) is 13.8 Å². The molecule has 0 aromatic heterocycles. The van der Waals surface area contributed by atoms with E-state index in [9.17, 15) is 4.79 Å². The first-order valence-corrected chi connectivity index (χ1v) is 6.76. The molecule has 16 heavy (non-hydrogen) atoms. The smallest absolute Gasteiger partial charge is 0.239 e. The normalized spacial score (nSPS) is 23.2. The van der Waals surface area contributed by atoms with Gasteiger partial charge in [0.15, 0.2) is 0 Å². The largest absolute Gasteiger partial charge is 0.338 e. The maximum absolute atomic E-state index is 12.2. The number of rotatable bonds is 5. The lowest BCUT2D eigenvalue weighted by atomic mass is 9.98. The third-order valence-electron chi connectivity index (χ3n) is 3.57. The number of carbonyl (C=O) groups excluding carboxylic acids is 1. The van der Waals surface area contributed by atoms with Crippen LogP contribution >= 0.6 is 0 Å². The van der Waals surface area contributed by atoms with Crippen LogP contribution in [0.4, 0.5) is 0 Å². The lowest BCUT2D eigenvalue weighted by Crippen LogP contribution is -2.50. The summed E-state index contributed by atoms with van der Waals surface area (Å²) in [5.41, 5.74) is 5.96. The molecule has 1 aliphatic heterocycles. The van der Waals surface area contributed by atoms with E-state index in [4.69, 9.17) is 5.73 Å². The van der Waals surface area contributed by atoms with E-state index < -0.39 is 0 Å². The average molecular weight is 226 g/mol. The molecule has 0 radical (unpaired) electrons. The fraction of sp³-hybridized carbons (Fsp3) is 0.923. The number of amides is 1. The summed E-state index contributed by atoms with van der Waals surface area (Å²) in [7, 11) is 0. The second-order valence-electron chi connectivity index (χ2n) is 4.84. The highest BCUT2D eigenvalue weighted by atomic mass is 16.2. The van der Waals surface area contributed by atoms with Gasteiger partial charge < -0.3 is 10.6 Å². The molecule has 0 spiro atoms. The van der Waals surface area contributed by atoms with Crippen LogP contribution in [0.15, 0.2) is 0 Å². The van der Waals surface area contributed by atoms with Crippen molar-refractivity contribution in [3.05, 3.63) is 0 Å². The van der Waals surface area contributed by atoms with Crippen molar-refractivity contribution in [2.45, 2.75) is 70.9 Å². The van der Waals surface area contributed by atoms with Gasteiger partial charge in [0.1, 0.15) is 0 Å². The Balaban J connectivity index is 2.49. The van der Waals surface area contributed by atoms with Crippen LogP contribution in [0.5, 0.6) is 0 Å². The minimum Gasteiger partial charge on any atom is -0.338 e. The first kappa shape index (κ1) is 13.5. The van der Waals surface area contributed by atoms with Gasteiger partial charge in [0, 0.05) is 12.6 Å². The predicted octanol–water partition coefficient (Wildman–Crippen LogP) is 2.29. The maximum Gasteiger partial charge on any atom is 0.239 e. The molecule has 1 fully saturated rings. The number of hydrogen-bond acceptors (Lipinski definition) is 2. The van der Waals surface area contributed by atoms with Crippen molar-refractivity contribution < 1.29 is 4.79 Å². The minimum atomic E-state index is -0.271. The second-order valence-corrected chi connectivity index (χ2v) is 4.84. The van der Waals surface area contributed by atoms with Gasteiger partial charge in [-0.15, -0.1) is 0 Å². The van der Waals surface area contributed by atoms with E-state index >= 15 is 0 Å². The van der Waals surface area contributed by atoms with Gasteiger partial charge in [0.2, 0.25) is 5.91 Å². The summed E-state index contributed by atoms with van der Waals surface area (Å²) in [6.45, 7) is 5.21. The summed E-state index contributed by atoms with van der Waals surface area (Å²) < 4.78 is 0. The van der Waals surface area contributed by atoms with Crippen LogP contribution in [0, 0.1) is 0 Å². The van der Waals surface area contributed by atoms with Gasteiger partial charge in [-0.1, -0.05) is 26.7 Å². The van der Waals surface area contributed by atoms with E-state index in [1.165, 1.54) is 6.42 Å². The first-order chi connectivity index (χ1) is 7.70. The molecule has 1 saturated heterocycles. The Labute approximate surface area is 99.4 Å². The van der Waals surface area contributed by atoms with E-state index in [1.54, 1.807) is 0 Å². The van der Waals surface area contributed by atoms with E-state index in [1.807, 2.05) is 4.90 Å². The number of carbonyl (C=O) groups is 1. The van der Waals surface area contributed by atoms with E-state index in [-0.39, 0.29) is 11.9 Å². The van der Waals surface area contributed by atoms with Crippen LogP contribution in [0.2, 0.25) is 0 Å². The molecule has 0 saturated carbocycles. The molecule has 0 aromatic rings. The molecule has 2 atom stereocenters. The molecule has 1 aliphatic rings. The SMILES string of the molecule is CCCC[C@H](N)C(=O)N1CCCCC1CC. The lowest BCUT2D eigenvalue weighted by Gasteiger charge is -2.36. The van der Waals surface area contributed by atoms with Crippen molar-refractivity contribution in [3.63, 3.8) is 0 Å². The number of nitrogens with zero attached hydrogens (tertiary/aromatic N) is 1. The summed E-state index contributed by atoms with van der Waals surface area (Å²) in [5, 5.41) is 0. The molecule has 1 rings (SSSR count). The van der Waals surface area contributed by atoms with Crippen LogP contribution in [0.3, 0.4) is 0 Å². The molecule has 1 unspecified atom stereocenters. The summed E-state index contributed by atoms with van der Waals surface area (Å²) >= 11 is 0. The Morgan fingerprint density at radius 3 is 2.81 bits per heavy atom. The quantitative estimate of drug-likeness (QED) is 0.782. The molecule has 0 aliphatic carbocycles. The molecule has 3 nitrogen and oxygen atoms in total. The van der Waals surface area contributed by atoms with Gasteiger partial charge in [-0.3, -0.25) is 4.79 Å². The second kappa shape index (κ2) is 6.89. The van der Waals surface area contributed by atoms with Crippen molar-refractivity contribution in [1.29, 1.82) is 0 Å². The Morgan fingerprint density at radius 2 is 2.19 bits per heavy atom. The number of unbranched alkanes of at least 4 members (excludes halogenated alkanes) is 1. The Hall–Kier alpha value is -0.570. The summed E-state index contributed by atoms with van der Waals surface area (Å²) in [6, 6.07) is 0.168. The van der Waals surface area contributed by atoms with Crippen molar-refractivity contribution in [1.82, 2.24) is 4.90 Å². The Kier molecular flexibility index (Phi) is 5.81. The van der Waals surface area contributed by atoms with Crippen LogP contribution < -0.4 is 5.73 Å². The Morgan fingerprint density at radius 1 is 1.44 bits per heavy atom. The van der Waals surface area contributed by atoms with Crippen LogP contribution in [0.25, 0.3) is 0 Å². The third kappa shape index (κ3) is 3.48. The lowest BCUT2D eigenvalue weighted by molar-refractivity contribution is -0.136. The molecule has 3 heteroatoms. The molecule has 0 bridgehead atoms. The van der Waals surface area contributed by atoms with Crippen molar-refractivity contribution in [3.8, 4) is 0 Å². The summed E-state index contributed by atoms with van der Waals surface area (Å²) in [4.78, 5) is 14.2. The van der Waals surface area contributed by atoms with E-state index in [0.29, 0.717) is 6.04 Å². The topological polar surface area (TPSA) is 46.3 Å². The highest BCUT2D eigenvalue weighted by Gasteiger charge is 2.28. The average Bonchev–Trinajstić information content (AvgIpc) is 2.34. The maximum atomic E-state index is 12.2. The molecular weight excluding hydrogens is 200 g/mol. The van der Waals surface area contributed by atoms with Crippen molar-refractivity contribution in [2.24, 2.45) is 5.73 Å². The summed E-state index contributed by atoms with van der Waals surface area (Å²) in [6.07, 6.45) is 7.61. The molecular formula is C13H26N2O.